The normalized spacial score (nSPS) is 21.2. The molecule has 26 heavy (non-hydrogen) atoms. The maximum atomic E-state index is 13.1. The van der Waals surface area contributed by atoms with Crippen LogP contribution in [0, 0.1) is 0 Å². The molecule has 2 aliphatic heterocycles. The summed E-state index contributed by atoms with van der Waals surface area (Å²) < 4.78 is 77.0. The molecule has 0 unspecified atom stereocenters. The summed E-state index contributed by atoms with van der Waals surface area (Å²) in [6.07, 6.45) is -4.08. The minimum atomic E-state index is -5.00. The largest absolute Gasteiger partial charge is 0.478 e. The van der Waals surface area contributed by atoms with Gasteiger partial charge in [-0.3, -0.25) is 0 Å². The van der Waals surface area contributed by atoms with Gasteiger partial charge in [0.15, 0.2) is 5.79 Å². The number of carboxylic acids is 1. The summed E-state index contributed by atoms with van der Waals surface area (Å²) in [7, 11) is -4.27. The second kappa shape index (κ2) is 6.48. The highest BCUT2D eigenvalue weighted by Crippen LogP contribution is 2.36. The van der Waals surface area contributed by atoms with Crippen molar-refractivity contribution in [3.63, 3.8) is 0 Å². The van der Waals surface area contributed by atoms with Gasteiger partial charge in [-0.2, -0.15) is 17.5 Å². The summed E-state index contributed by atoms with van der Waals surface area (Å²) in [6, 6.07) is 1.88. The minimum absolute atomic E-state index is 0.110. The molecule has 0 aromatic heterocycles. The van der Waals surface area contributed by atoms with Gasteiger partial charge >= 0.3 is 12.1 Å². The molecule has 3 rings (SSSR count). The SMILES string of the molecule is O=C(O)c1ccc(S(=O)(=O)N2CCCC3(C2)OCCO3)cc1C(F)(F)F. The van der Waals surface area contributed by atoms with E-state index >= 15 is 0 Å². The lowest BCUT2D eigenvalue weighted by Gasteiger charge is -2.37. The lowest BCUT2D eigenvalue weighted by atomic mass is 10.1. The molecule has 1 aromatic rings. The molecular formula is C15H16F3NO6S. The quantitative estimate of drug-likeness (QED) is 0.841. The van der Waals surface area contributed by atoms with Crippen LogP contribution in [0.25, 0.3) is 0 Å². The Morgan fingerprint density at radius 2 is 1.88 bits per heavy atom. The highest BCUT2D eigenvalue weighted by Gasteiger charge is 2.45. The van der Waals surface area contributed by atoms with Crippen molar-refractivity contribution in [1.29, 1.82) is 0 Å². The van der Waals surface area contributed by atoms with Crippen LogP contribution in [-0.2, 0) is 25.7 Å². The summed E-state index contributed by atoms with van der Waals surface area (Å²) in [5.74, 6) is -2.86. The van der Waals surface area contributed by atoms with Crippen molar-refractivity contribution in [1.82, 2.24) is 4.31 Å². The van der Waals surface area contributed by atoms with E-state index in [-0.39, 0.29) is 13.1 Å². The monoisotopic (exact) mass is 395 g/mol. The first-order valence-electron chi connectivity index (χ1n) is 7.78. The van der Waals surface area contributed by atoms with Crippen LogP contribution >= 0.6 is 0 Å². The Labute approximate surface area is 147 Å². The highest BCUT2D eigenvalue weighted by molar-refractivity contribution is 7.89. The van der Waals surface area contributed by atoms with Gasteiger partial charge in [-0.05, 0) is 24.6 Å². The van der Waals surface area contributed by atoms with Gasteiger partial charge in [-0.25, -0.2) is 13.2 Å². The van der Waals surface area contributed by atoms with E-state index in [1.165, 1.54) is 0 Å². The number of rotatable bonds is 3. The second-order valence-corrected chi connectivity index (χ2v) is 8.00. The average Bonchev–Trinajstić information content (AvgIpc) is 3.01. The van der Waals surface area contributed by atoms with Gasteiger partial charge in [-0.15, -0.1) is 0 Å². The van der Waals surface area contributed by atoms with Gasteiger partial charge in [0.05, 0.1) is 35.8 Å². The van der Waals surface area contributed by atoms with E-state index < -0.39 is 44.0 Å². The van der Waals surface area contributed by atoms with Crippen molar-refractivity contribution in [2.75, 3.05) is 26.3 Å². The molecule has 0 atom stereocenters. The fourth-order valence-corrected chi connectivity index (χ4v) is 4.68. The van der Waals surface area contributed by atoms with Crippen molar-refractivity contribution < 1.29 is 41.0 Å². The zero-order valence-electron chi connectivity index (χ0n) is 13.5. The Morgan fingerprint density at radius 1 is 1.23 bits per heavy atom. The third-order valence-corrected chi connectivity index (χ3v) is 6.20. The summed E-state index contributed by atoms with van der Waals surface area (Å²) in [4.78, 5) is 10.4. The molecule has 0 aliphatic carbocycles. The number of sulfonamides is 1. The third-order valence-electron chi connectivity index (χ3n) is 4.36. The van der Waals surface area contributed by atoms with Crippen LogP contribution in [0.5, 0.6) is 0 Å². The molecule has 11 heteroatoms. The van der Waals surface area contributed by atoms with Crippen LogP contribution in [0.15, 0.2) is 23.1 Å². The molecule has 2 aliphatic rings. The smallest absolute Gasteiger partial charge is 0.417 e. The Bertz CT molecular complexity index is 817. The number of hydrogen-bond acceptors (Lipinski definition) is 5. The molecule has 0 radical (unpaired) electrons. The highest BCUT2D eigenvalue weighted by atomic mass is 32.2. The maximum absolute atomic E-state index is 13.1. The van der Waals surface area contributed by atoms with E-state index in [0.29, 0.717) is 38.2 Å². The second-order valence-electron chi connectivity index (χ2n) is 6.06. The van der Waals surface area contributed by atoms with Crippen molar-refractivity contribution in [2.45, 2.75) is 29.7 Å². The number of carboxylic acid groups (broad SMARTS) is 1. The minimum Gasteiger partial charge on any atom is -0.478 e. The Kier molecular flexibility index (Phi) is 4.76. The first-order chi connectivity index (χ1) is 12.1. The van der Waals surface area contributed by atoms with E-state index in [4.69, 9.17) is 14.6 Å². The van der Waals surface area contributed by atoms with Crippen LogP contribution in [0.1, 0.15) is 28.8 Å². The standard InChI is InChI=1S/C15H16F3NO6S/c16-15(17,18)12-8-10(2-3-11(12)13(20)21)26(22,23)19-5-1-4-14(9-19)24-6-7-25-14/h2-3,8H,1,4-7,9H2,(H,20,21). The molecule has 2 saturated heterocycles. The number of ether oxygens (including phenoxy) is 2. The molecule has 144 valence electrons. The Morgan fingerprint density at radius 3 is 2.46 bits per heavy atom. The number of hydrogen-bond donors (Lipinski definition) is 1. The van der Waals surface area contributed by atoms with Crippen LogP contribution in [-0.4, -0.2) is 55.9 Å². The molecule has 0 saturated carbocycles. The van der Waals surface area contributed by atoms with Crippen molar-refractivity contribution >= 4 is 16.0 Å². The molecule has 1 spiro atoms. The van der Waals surface area contributed by atoms with Crippen molar-refractivity contribution in [3.8, 4) is 0 Å². The topological polar surface area (TPSA) is 93.1 Å². The first-order valence-corrected chi connectivity index (χ1v) is 9.22. The fraction of sp³-hybridized carbons (Fsp3) is 0.533. The van der Waals surface area contributed by atoms with E-state index in [1.807, 2.05) is 0 Å². The van der Waals surface area contributed by atoms with E-state index in [9.17, 15) is 26.4 Å². The fourth-order valence-electron chi connectivity index (χ4n) is 3.14. The summed E-state index contributed by atoms with van der Waals surface area (Å²) >= 11 is 0. The summed E-state index contributed by atoms with van der Waals surface area (Å²) in [5.41, 5.74) is -2.51. The maximum Gasteiger partial charge on any atom is 0.417 e. The number of halogens is 3. The van der Waals surface area contributed by atoms with Gasteiger partial charge in [0, 0.05) is 13.0 Å². The van der Waals surface area contributed by atoms with Gasteiger partial charge in [0.1, 0.15) is 0 Å². The molecule has 2 fully saturated rings. The zero-order chi connectivity index (χ0) is 19.2. The number of nitrogens with zero attached hydrogens (tertiary/aromatic N) is 1. The molecule has 7 nitrogen and oxygen atoms in total. The van der Waals surface area contributed by atoms with Crippen LogP contribution < -0.4 is 0 Å². The number of piperidine rings is 1. The molecule has 2 heterocycles. The molecule has 0 bridgehead atoms. The Hall–Kier alpha value is -1.69. The number of carbonyl (C=O) groups is 1. The van der Waals surface area contributed by atoms with Crippen molar-refractivity contribution in [3.05, 3.63) is 29.3 Å². The molecule has 1 N–H and O–H groups in total. The third kappa shape index (κ3) is 3.43. The van der Waals surface area contributed by atoms with Crippen LogP contribution in [0.4, 0.5) is 13.2 Å². The van der Waals surface area contributed by atoms with Gasteiger partial charge < -0.3 is 14.6 Å². The molecular weight excluding hydrogens is 379 g/mol. The van der Waals surface area contributed by atoms with Gasteiger partial charge in [-0.1, -0.05) is 0 Å². The summed E-state index contributed by atoms with van der Waals surface area (Å²) in [6.45, 7) is 0.620. The zero-order valence-corrected chi connectivity index (χ0v) is 14.3. The first kappa shape index (κ1) is 19.1. The number of benzene rings is 1. The van der Waals surface area contributed by atoms with Gasteiger partial charge in [0.2, 0.25) is 10.0 Å². The summed E-state index contributed by atoms with van der Waals surface area (Å²) in [5, 5.41) is 8.92. The predicted octanol–water partition coefficient (Wildman–Crippen LogP) is 1.93. The van der Waals surface area contributed by atoms with Crippen LogP contribution in [0.3, 0.4) is 0 Å². The van der Waals surface area contributed by atoms with E-state index in [2.05, 4.69) is 0 Å². The number of alkyl halides is 3. The lowest BCUT2D eigenvalue weighted by molar-refractivity contribution is -0.179. The van der Waals surface area contributed by atoms with Crippen LogP contribution in [0.2, 0.25) is 0 Å². The predicted molar refractivity (Wildman–Crippen MR) is 81.0 cm³/mol. The van der Waals surface area contributed by atoms with Gasteiger partial charge in [0.25, 0.3) is 0 Å². The molecule has 1 aromatic carbocycles. The van der Waals surface area contributed by atoms with E-state index in [1.54, 1.807) is 0 Å². The lowest BCUT2D eigenvalue weighted by Crippen LogP contribution is -2.50. The Balaban J connectivity index is 1.98. The average molecular weight is 395 g/mol. The van der Waals surface area contributed by atoms with E-state index in [0.717, 1.165) is 10.4 Å². The van der Waals surface area contributed by atoms with Crippen molar-refractivity contribution in [2.24, 2.45) is 0 Å². The number of aromatic carboxylic acids is 1. The molecule has 0 amide bonds.